The van der Waals surface area contributed by atoms with Crippen LogP contribution in [0.1, 0.15) is 25.7 Å². The predicted octanol–water partition coefficient (Wildman–Crippen LogP) is 3.10. The molecule has 1 aliphatic heterocycles. The number of likely N-dealkylation sites (tertiary alicyclic amines) is 1. The molecule has 1 aromatic heterocycles. The molecule has 0 saturated carbocycles. The molecule has 2 aromatic rings. The first kappa shape index (κ1) is 12.5. The van der Waals surface area contributed by atoms with Crippen molar-refractivity contribution < 1.29 is 0 Å². The molecule has 2 heterocycles. The first-order valence-electron chi connectivity index (χ1n) is 7.29. The second-order valence-corrected chi connectivity index (χ2v) is 5.71. The molecule has 1 fully saturated rings. The fraction of sp³-hybridized carbons (Fsp3) is 0.500. The fourth-order valence-electron chi connectivity index (χ4n) is 3.24. The van der Waals surface area contributed by atoms with Crippen molar-refractivity contribution in [2.45, 2.75) is 38.3 Å². The normalized spacial score (nSPS) is 21.0. The van der Waals surface area contributed by atoms with Crippen molar-refractivity contribution in [3.8, 4) is 0 Å². The Balaban J connectivity index is 1.73. The second-order valence-electron chi connectivity index (χ2n) is 5.71. The molecule has 3 heteroatoms. The van der Waals surface area contributed by atoms with Crippen molar-refractivity contribution >= 4 is 16.6 Å². The van der Waals surface area contributed by atoms with E-state index in [9.17, 15) is 0 Å². The summed E-state index contributed by atoms with van der Waals surface area (Å²) in [5.74, 6) is 0. The number of rotatable bonds is 3. The Labute approximate surface area is 115 Å². The minimum absolute atomic E-state index is 0.743. The van der Waals surface area contributed by atoms with Crippen LogP contribution in [0, 0.1) is 0 Å². The van der Waals surface area contributed by atoms with Crippen LogP contribution in [-0.4, -0.2) is 29.1 Å². The summed E-state index contributed by atoms with van der Waals surface area (Å²) in [5, 5.41) is 1.18. The molecule has 19 heavy (non-hydrogen) atoms. The van der Waals surface area contributed by atoms with E-state index in [2.05, 4.69) is 34.8 Å². The van der Waals surface area contributed by atoms with Crippen LogP contribution in [0.2, 0.25) is 0 Å². The van der Waals surface area contributed by atoms with Gasteiger partial charge in [0.1, 0.15) is 0 Å². The zero-order valence-corrected chi connectivity index (χ0v) is 11.7. The molecule has 1 unspecified atom stereocenters. The molecule has 1 saturated heterocycles. The van der Waals surface area contributed by atoms with Gasteiger partial charge in [-0.05, 0) is 51.1 Å². The van der Waals surface area contributed by atoms with Crippen LogP contribution in [0.25, 0.3) is 10.9 Å². The highest BCUT2D eigenvalue weighted by Crippen LogP contribution is 2.24. The first-order valence-corrected chi connectivity index (χ1v) is 7.29. The molecule has 0 aliphatic carbocycles. The zero-order chi connectivity index (χ0) is 13.2. The SMILES string of the molecule is CN1CCCCC1CCn1ccc2c(N)cccc21. The maximum atomic E-state index is 6.01. The van der Waals surface area contributed by atoms with Gasteiger partial charge in [-0.3, -0.25) is 0 Å². The molecular formula is C16H23N3. The Morgan fingerprint density at radius 2 is 2.16 bits per heavy atom. The summed E-state index contributed by atoms with van der Waals surface area (Å²) in [5.41, 5.74) is 8.15. The maximum absolute atomic E-state index is 6.01. The van der Waals surface area contributed by atoms with E-state index in [0.717, 1.165) is 18.3 Å². The van der Waals surface area contributed by atoms with Crippen molar-refractivity contribution in [1.29, 1.82) is 0 Å². The van der Waals surface area contributed by atoms with Crippen molar-refractivity contribution in [3.63, 3.8) is 0 Å². The second kappa shape index (κ2) is 5.25. The summed E-state index contributed by atoms with van der Waals surface area (Å²) >= 11 is 0. The minimum atomic E-state index is 0.743. The van der Waals surface area contributed by atoms with Gasteiger partial charge < -0.3 is 15.2 Å². The van der Waals surface area contributed by atoms with Crippen LogP contribution < -0.4 is 5.73 Å². The van der Waals surface area contributed by atoms with Crippen molar-refractivity contribution in [3.05, 3.63) is 30.5 Å². The van der Waals surface area contributed by atoms with Gasteiger partial charge in [-0.15, -0.1) is 0 Å². The topological polar surface area (TPSA) is 34.2 Å². The molecule has 102 valence electrons. The van der Waals surface area contributed by atoms with Crippen LogP contribution >= 0.6 is 0 Å². The number of hydrogen-bond acceptors (Lipinski definition) is 2. The highest BCUT2D eigenvalue weighted by Gasteiger charge is 2.18. The standard InChI is InChI=1S/C16H23N3/c1-18-10-3-2-5-13(18)8-11-19-12-9-14-15(17)6-4-7-16(14)19/h4,6-7,9,12-13H,2-3,5,8,10-11,17H2,1H3. The third kappa shape index (κ3) is 2.47. The number of nitrogens with zero attached hydrogens (tertiary/aromatic N) is 2. The molecule has 1 aromatic carbocycles. The van der Waals surface area contributed by atoms with Gasteiger partial charge in [-0.25, -0.2) is 0 Å². The van der Waals surface area contributed by atoms with E-state index >= 15 is 0 Å². The molecule has 0 spiro atoms. The van der Waals surface area contributed by atoms with Crippen molar-refractivity contribution in [2.24, 2.45) is 0 Å². The van der Waals surface area contributed by atoms with Crippen LogP contribution in [0.15, 0.2) is 30.5 Å². The Kier molecular flexibility index (Phi) is 3.47. The lowest BCUT2D eigenvalue weighted by Crippen LogP contribution is -2.36. The summed E-state index contributed by atoms with van der Waals surface area (Å²) in [6.07, 6.45) is 7.49. The van der Waals surface area contributed by atoms with Crippen LogP contribution in [0.3, 0.4) is 0 Å². The van der Waals surface area contributed by atoms with Gasteiger partial charge in [-0.1, -0.05) is 12.5 Å². The average molecular weight is 257 g/mol. The quantitative estimate of drug-likeness (QED) is 0.857. The van der Waals surface area contributed by atoms with Gasteiger partial charge in [0, 0.05) is 29.9 Å². The highest BCUT2D eigenvalue weighted by atomic mass is 15.1. The first-order chi connectivity index (χ1) is 9.25. The van der Waals surface area contributed by atoms with Gasteiger partial charge in [0.05, 0.1) is 5.52 Å². The zero-order valence-electron chi connectivity index (χ0n) is 11.7. The summed E-state index contributed by atoms with van der Waals surface area (Å²) in [4.78, 5) is 2.52. The molecule has 0 bridgehead atoms. The van der Waals surface area contributed by atoms with Crippen LogP contribution in [0.4, 0.5) is 5.69 Å². The number of hydrogen-bond donors (Lipinski definition) is 1. The van der Waals surface area contributed by atoms with E-state index in [4.69, 9.17) is 5.73 Å². The molecule has 0 amide bonds. The van der Waals surface area contributed by atoms with Gasteiger partial charge in [-0.2, -0.15) is 0 Å². The van der Waals surface area contributed by atoms with E-state index in [1.807, 2.05) is 12.1 Å². The molecule has 2 N–H and O–H groups in total. The maximum Gasteiger partial charge on any atom is 0.0501 e. The number of nitrogen functional groups attached to an aromatic ring is 1. The number of aromatic nitrogens is 1. The lowest BCUT2D eigenvalue weighted by molar-refractivity contribution is 0.171. The monoisotopic (exact) mass is 257 g/mol. The Morgan fingerprint density at radius 1 is 1.26 bits per heavy atom. The highest BCUT2D eigenvalue weighted by molar-refractivity contribution is 5.91. The number of nitrogens with two attached hydrogens (primary N) is 1. The largest absolute Gasteiger partial charge is 0.398 e. The predicted molar refractivity (Wildman–Crippen MR) is 81.2 cm³/mol. The van der Waals surface area contributed by atoms with Gasteiger partial charge in [0.15, 0.2) is 0 Å². The lowest BCUT2D eigenvalue weighted by atomic mass is 10.0. The van der Waals surface area contributed by atoms with Gasteiger partial charge in [0.25, 0.3) is 0 Å². The summed E-state index contributed by atoms with van der Waals surface area (Å²) < 4.78 is 2.34. The Hall–Kier alpha value is -1.48. The van der Waals surface area contributed by atoms with E-state index in [0.29, 0.717) is 0 Å². The number of benzene rings is 1. The Morgan fingerprint density at radius 3 is 3.00 bits per heavy atom. The van der Waals surface area contributed by atoms with E-state index in [1.54, 1.807) is 0 Å². The molecule has 3 rings (SSSR count). The van der Waals surface area contributed by atoms with E-state index < -0.39 is 0 Å². The number of aryl methyl sites for hydroxylation is 1. The molecule has 1 atom stereocenters. The molecule has 3 nitrogen and oxygen atoms in total. The third-order valence-electron chi connectivity index (χ3n) is 4.47. The lowest BCUT2D eigenvalue weighted by Gasteiger charge is -2.32. The third-order valence-corrected chi connectivity index (χ3v) is 4.47. The van der Waals surface area contributed by atoms with Crippen LogP contribution in [-0.2, 0) is 6.54 Å². The minimum Gasteiger partial charge on any atom is -0.398 e. The number of fused-ring (bicyclic) bond motifs is 1. The fourth-order valence-corrected chi connectivity index (χ4v) is 3.24. The summed E-state index contributed by atoms with van der Waals surface area (Å²) in [7, 11) is 2.26. The Bertz CT molecular complexity index is 558. The van der Waals surface area contributed by atoms with Crippen LogP contribution in [0.5, 0.6) is 0 Å². The van der Waals surface area contributed by atoms with Gasteiger partial charge >= 0.3 is 0 Å². The average Bonchev–Trinajstić information content (AvgIpc) is 2.83. The molecular weight excluding hydrogens is 234 g/mol. The van der Waals surface area contributed by atoms with Crippen molar-refractivity contribution in [2.75, 3.05) is 19.3 Å². The van der Waals surface area contributed by atoms with E-state index in [1.165, 1.54) is 43.1 Å². The smallest absolute Gasteiger partial charge is 0.0501 e. The number of anilines is 1. The summed E-state index contributed by atoms with van der Waals surface area (Å²) in [6.45, 7) is 2.34. The van der Waals surface area contributed by atoms with E-state index in [-0.39, 0.29) is 0 Å². The van der Waals surface area contributed by atoms with Gasteiger partial charge in [0.2, 0.25) is 0 Å². The van der Waals surface area contributed by atoms with Crippen molar-refractivity contribution in [1.82, 2.24) is 9.47 Å². The summed E-state index contributed by atoms with van der Waals surface area (Å²) in [6, 6.07) is 9.06. The molecule has 1 aliphatic rings. The molecule has 0 radical (unpaired) electrons. The number of piperidine rings is 1.